The van der Waals surface area contributed by atoms with Gasteiger partial charge in [0.2, 0.25) is 12.1 Å². The van der Waals surface area contributed by atoms with Gasteiger partial charge in [-0.2, -0.15) is 20.5 Å². The van der Waals surface area contributed by atoms with E-state index in [1.165, 1.54) is 72.8 Å². The third-order valence-electron chi connectivity index (χ3n) is 9.41. The lowest BCUT2D eigenvalue weighted by Crippen LogP contribution is -2.33. The molecule has 0 heterocycles. The van der Waals surface area contributed by atoms with Crippen molar-refractivity contribution in [2.75, 3.05) is 21.3 Å². The maximum Gasteiger partial charge on any atom is 0.258 e. The van der Waals surface area contributed by atoms with E-state index in [9.17, 15) is 28.8 Å². The fourth-order valence-corrected chi connectivity index (χ4v) is 7.90. The molecule has 5 aromatic carbocycles. The molecule has 0 aliphatic rings. The molecule has 5 aromatic rings. The average molecular weight is 1050 g/mol. The number of ketones is 2. The Hall–Kier alpha value is -5.16. The number of anilines is 4. The predicted molar refractivity (Wildman–Crippen MR) is 262 cm³/mol. The summed E-state index contributed by atoms with van der Waals surface area (Å²) < 4.78 is 0. The maximum absolute atomic E-state index is 13.6. The molecule has 0 radical (unpaired) electrons. The zero-order valence-electron chi connectivity index (χ0n) is 34.8. The monoisotopic (exact) mass is 1050 g/mol. The lowest BCUT2D eigenvalue weighted by molar-refractivity contribution is -0.127. The highest BCUT2D eigenvalue weighted by Gasteiger charge is 2.28. The Morgan fingerprint density at radius 3 is 1.12 bits per heavy atom. The average Bonchev–Trinajstić information content (AvgIpc) is 3.25. The Morgan fingerprint density at radius 1 is 0.485 bits per heavy atom. The van der Waals surface area contributed by atoms with Crippen LogP contribution in [-0.4, -0.2) is 47.3 Å². The van der Waals surface area contributed by atoms with E-state index in [-0.39, 0.29) is 74.1 Å². The number of Topliss-reactive ketones (excluding diaryl/α,β-unsaturated/α-hetero) is 2. The summed E-state index contributed by atoms with van der Waals surface area (Å²) >= 11 is 49.4. The number of amides is 4. The minimum absolute atomic E-state index is 0.00580. The molecule has 4 N–H and O–H groups in total. The van der Waals surface area contributed by atoms with Crippen LogP contribution < -0.4 is 21.3 Å². The van der Waals surface area contributed by atoms with Gasteiger partial charge >= 0.3 is 0 Å². The number of nitrogens with zero attached hydrogens (tertiary/aromatic N) is 4. The second-order valence-corrected chi connectivity index (χ2v) is 17.1. The minimum atomic E-state index is -1.63. The van der Waals surface area contributed by atoms with E-state index in [0.29, 0.717) is 35.3 Å². The number of hydrogen-bond acceptors (Lipinski definition) is 10. The number of nitrogens with one attached hydrogen (secondary N) is 4. The molecular weight excluding hydrogens is 1020 g/mol. The van der Waals surface area contributed by atoms with E-state index in [0.717, 1.165) is 13.8 Å². The molecule has 22 heteroatoms. The van der Waals surface area contributed by atoms with Crippen LogP contribution in [0.1, 0.15) is 59.5 Å². The second kappa shape index (κ2) is 23.0. The zero-order valence-corrected chi connectivity index (χ0v) is 40.8. The lowest BCUT2D eigenvalue weighted by atomic mass is 9.98. The SMILES string of the molecule is CCc1c(NC(=O)C(N=Nc2cccc(C(=O)Nc3cc(Cl)c(Cl)c(Cl)c3)c2Cl)C(C)=O)ccc(NC(=O)C(N=Nc2cccc(C(=O)Nc3cc(Cl)c(Cl)c(Cl)c3)c2Cl)C(C)=O)c1CC. The van der Waals surface area contributed by atoms with Crippen LogP contribution in [0.5, 0.6) is 0 Å². The first-order valence-corrected chi connectivity index (χ1v) is 22.4. The number of rotatable bonds is 16. The van der Waals surface area contributed by atoms with Gasteiger partial charge in [-0.15, -0.1) is 0 Å². The smallest absolute Gasteiger partial charge is 0.258 e. The first kappa shape index (κ1) is 51.8. The molecule has 66 heavy (non-hydrogen) atoms. The van der Waals surface area contributed by atoms with Crippen molar-refractivity contribution >= 4 is 162 Å². The van der Waals surface area contributed by atoms with Crippen molar-refractivity contribution in [1.82, 2.24) is 0 Å². The molecule has 2 atom stereocenters. The van der Waals surface area contributed by atoms with Crippen molar-refractivity contribution in [1.29, 1.82) is 0 Å². The summed E-state index contributed by atoms with van der Waals surface area (Å²) in [7, 11) is 0. The van der Waals surface area contributed by atoms with E-state index < -0.39 is 47.3 Å². The fraction of sp³-hybridized carbons (Fsp3) is 0.182. The highest BCUT2D eigenvalue weighted by molar-refractivity contribution is 6.49. The van der Waals surface area contributed by atoms with Crippen LogP contribution in [0.2, 0.25) is 40.2 Å². The number of benzene rings is 5. The summed E-state index contributed by atoms with van der Waals surface area (Å²) in [5.41, 5.74) is 2.33. The van der Waals surface area contributed by atoms with Crippen molar-refractivity contribution in [2.45, 2.75) is 52.6 Å². The summed E-state index contributed by atoms with van der Waals surface area (Å²) in [4.78, 5) is 79.0. The molecule has 0 bridgehead atoms. The normalized spacial score (nSPS) is 12.2. The van der Waals surface area contributed by atoms with Gasteiger partial charge in [0, 0.05) is 22.7 Å². The molecule has 0 aliphatic carbocycles. The van der Waals surface area contributed by atoms with Gasteiger partial charge in [-0.1, -0.05) is 119 Å². The van der Waals surface area contributed by atoms with Crippen molar-refractivity contribution in [3.63, 3.8) is 0 Å². The van der Waals surface area contributed by atoms with E-state index in [2.05, 4.69) is 41.7 Å². The van der Waals surface area contributed by atoms with E-state index in [1.807, 2.05) is 13.8 Å². The number of carbonyl (C=O) groups is 6. The first-order chi connectivity index (χ1) is 31.2. The second-order valence-electron chi connectivity index (χ2n) is 14.0. The van der Waals surface area contributed by atoms with Crippen LogP contribution >= 0.6 is 92.8 Å². The number of hydrogen-bond donors (Lipinski definition) is 4. The highest BCUT2D eigenvalue weighted by Crippen LogP contribution is 2.37. The third kappa shape index (κ3) is 12.4. The van der Waals surface area contributed by atoms with Gasteiger partial charge in [-0.25, -0.2) is 0 Å². The van der Waals surface area contributed by atoms with Crippen LogP contribution in [0.25, 0.3) is 0 Å². The molecule has 5 rings (SSSR count). The van der Waals surface area contributed by atoms with Crippen LogP contribution in [0.15, 0.2) is 93.3 Å². The maximum atomic E-state index is 13.6. The number of azo groups is 2. The van der Waals surface area contributed by atoms with Crippen molar-refractivity contribution in [3.05, 3.63) is 135 Å². The predicted octanol–water partition coefficient (Wildman–Crippen LogP) is 13.9. The first-order valence-electron chi connectivity index (χ1n) is 19.3. The number of carbonyl (C=O) groups excluding carboxylic acids is 6. The molecule has 4 amide bonds. The summed E-state index contributed by atoms with van der Waals surface area (Å²) in [6, 6.07) is 14.1. The molecule has 2 unspecified atom stereocenters. The van der Waals surface area contributed by atoms with E-state index in [1.54, 1.807) is 0 Å². The Kier molecular flexibility index (Phi) is 18.1. The summed E-state index contributed by atoms with van der Waals surface area (Å²) in [6.45, 7) is 5.97. The Labute approximate surface area is 417 Å². The van der Waals surface area contributed by atoms with Gasteiger partial charge in [-0.3, -0.25) is 28.8 Å². The Morgan fingerprint density at radius 2 is 0.818 bits per heavy atom. The molecule has 0 saturated carbocycles. The van der Waals surface area contributed by atoms with Gasteiger partial charge in [0.05, 0.1) is 51.3 Å². The number of halogens is 8. The largest absolute Gasteiger partial charge is 0.323 e. The van der Waals surface area contributed by atoms with Crippen molar-refractivity contribution in [3.8, 4) is 0 Å². The van der Waals surface area contributed by atoms with Gasteiger partial charge in [0.1, 0.15) is 11.4 Å². The topological polar surface area (TPSA) is 200 Å². The molecule has 0 aromatic heterocycles. The van der Waals surface area contributed by atoms with Gasteiger partial charge in [-0.05, 0) is 98.5 Å². The summed E-state index contributed by atoms with van der Waals surface area (Å²) in [5.74, 6) is -4.23. The van der Waals surface area contributed by atoms with Crippen LogP contribution in [-0.2, 0) is 32.0 Å². The van der Waals surface area contributed by atoms with E-state index in [4.69, 9.17) is 92.8 Å². The van der Waals surface area contributed by atoms with Gasteiger partial charge in [0.15, 0.2) is 11.6 Å². The molecule has 342 valence electrons. The lowest BCUT2D eigenvalue weighted by Gasteiger charge is -2.20. The van der Waals surface area contributed by atoms with E-state index >= 15 is 0 Å². The molecule has 0 saturated heterocycles. The molecular formula is C44H34Cl8N8O6. The van der Waals surface area contributed by atoms with Crippen molar-refractivity contribution < 1.29 is 28.8 Å². The molecule has 0 fully saturated rings. The fourth-order valence-electron chi connectivity index (χ4n) is 6.21. The van der Waals surface area contributed by atoms with Gasteiger partial charge < -0.3 is 21.3 Å². The third-order valence-corrected chi connectivity index (χ3v) is 12.6. The Bertz CT molecular complexity index is 2620. The van der Waals surface area contributed by atoms with Gasteiger partial charge in [0.25, 0.3) is 23.6 Å². The molecule has 0 aliphatic heterocycles. The summed E-state index contributed by atoms with van der Waals surface area (Å²) in [5, 5.41) is 27.3. The standard InChI is InChI=1S/C44H34Cl8N8O6/c1-5-23-24(6-2)32(56-44(66)40(20(4)62)60-58-34-12-8-10-26(36(34)50)42(64)54-22-17-29(47)38(52)30(48)18-22)14-13-31(23)55-43(65)39(19(3)61)59-57-33-11-7-9-25(35(33)49)41(63)53-21-15-27(45)37(51)28(46)16-21/h7-18,39-40H,5-6H2,1-4H3,(H,53,63)(H,54,64)(H,55,65)(H,56,66). The minimum Gasteiger partial charge on any atom is -0.323 e. The summed E-state index contributed by atoms with van der Waals surface area (Å²) in [6.07, 6.45) is 0.730. The molecule has 0 spiro atoms. The van der Waals surface area contributed by atoms with Crippen LogP contribution in [0.3, 0.4) is 0 Å². The quantitative estimate of drug-likeness (QED) is 0.0430. The van der Waals surface area contributed by atoms with Crippen LogP contribution in [0.4, 0.5) is 34.1 Å². The zero-order chi connectivity index (χ0) is 48.6. The highest BCUT2D eigenvalue weighted by atomic mass is 35.5. The van der Waals surface area contributed by atoms with Crippen molar-refractivity contribution in [2.24, 2.45) is 20.5 Å². The molecule has 14 nitrogen and oxygen atoms in total. The Balaban J connectivity index is 1.31. The van der Waals surface area contributed by atoms with Crippen LogP contribution in [0, 0.1) is 0 Å².